The highest BCUT2D eigenvalue weighted by molar-refractivity contribution is 6.35. The standard InChI is InChI=1S/C13H7Cl2FN2O/c14-7-2-1-3-9(17)11(7)13-18-10-5-6(16)4-8(15)12(10)19-13/h1-5H,17H2. The Balaban J connectivity index is 2.30. The minimum absolute atomic E-state index is 0.152. The minimum atomic E-state index is -0.482. The maximum atomic E-state index is 13.3. The number of oxazole rings is 1. The molecule has 1 heterocycles. The van der Waals surface area contributed by atoms with Gasteiger partial charge < -0.3 is 10.2 Å². The van der Waals surface area contributed by atoms with Crippen molar-refractivity contribution in [2.45, 2.75) is 0 Å². The molecular formula is C13H7Cl2FN2O. The molecule has 96 valence electrons. The Morgan fingerprint density at radius 1 is 1.16 bits per heavy atom. The van der Waals surface area contributed by atoms with Crippen LogP contribution in [0, 0.1) is 5.82 Å². The number of aromatic nitrogens is 1. The lowest BCUT2D eigenvalue weighted by molar-refractivity contribution is 0.614. The molecule has 0 unspecified atom stereocenters. The van der Waals surface area contributed by atoms with Crippen LogP contribution in [0.15, 0.2) is 34.7 Å². The first kappa shape index (κ1) is 12.3. The average molecular weight is 297 g/mol. The summed E-state index contributed by atoms with van der Waals surface area (Å²) in [4.78, 5) is 4.17. The number of benzene rings is 2. The molecule has 0 saturated heterocycles. The molecule has 3 nitrogen and oxygen atoms in total. The Morgan fingerprint density at radius 2 is 1.95 bits per heavy atom. The fraction of sp³-hybridized carbons (Fsp3) is 0. The van der Waals surface area contributed by atoms with Crippen molar-refractivity contribution in [2.24, 2.45) is 0 Å². The van der Waals surface area contributed by atoms with E-state index in [1.165, 1.54) is 6.07 Å². The van der Waals surface area contributed by atoms with Crippen molar-refractivity contribution in [3.05, 3.63) is 46.2 Å². The maximum Gasteiger partial charge on any atom is 0.231 e. The SMILES string of the molecule is Nc1cccc(Cl)c1-c1nc2cc(F)cc(Cl)c2o1. The van der Waals surface area contributed by atoms with E-state index in [4.69, 9.17) is 33.4 Å². The fourth-order valence-corrected chi connectivity index (χ4v) is 2.34. The summed E-state index contributed by atoms with van der Waals surface area (Å²) in [5.41, 5.74) is 7.37. The van der Waals surface area contributed by atoms with E-state index in [0.29, 0.717) is 27.4 Å². The fourth-order valence-electron chi connectivity index (χ4n) is 1.83. The topological polar surface area (TPSA) is 52.0 Å². The molecule has 0 atom stereocenters. The second-order valence-corrected chi connectivity index (χ2v) is 4.77. The normalized spacial score (nSPS) is 11.1. The van der Waals surface area contributed by atoms with E-state index in [9.17, 15) is 4.39 Å². The first-order valence-electron chi connectivity index (χ1n) is 5.36. The second-order valence-electron chi connectivity index (χ2n) is 3.96. The van der Waals surface area contributed by atoms with Gasteiger partial charge in [0, 0.05) is 11.8 Å². The highest BCUT2D eigenvalue weighted by Crippen LogP contribution is 2.36. The predicted octanol–water partition coefficient (Wildman–Crippen LogP) is 4.52. The summed E-state index contributed by atoms with van der Waals surface area (Å²) < 4.78 is 18.8. The molecule has 2 N–H and O–H groups in total. The summed E-state index contributed by atoms with van der Waals surface area (Å²) >= 11 is 12.0. The van der Waals surface area contributed by atoms with Crippen molar-refractivity contribution in [3.63, 3.8) is 0 Å². The maximum absolute atomic E-state index is 13.3. The van der Waals surface area contributed by atoms with Crippen molar-refractivity contribution >= 4 is 40.0 Å². The number of nitrogens with two attached hydrogens (primary N) is 1. The van der Waals surface area contributed by atoms with E-state index in [1.807, 2.05) is 0 Å². The first-order chi connectivity index (χ1) is 9.06. The molecule has 2 aromatic carbocycles. The number of hydrogen-bond acceptors (Lipinski definition) is 3. The van der Waals surface area contributed by atoms with Crippen LogP contribution in [0.2, 0.25) is 10.0 Å². The number of hydrogen-bond donors (Lipinski definition) is 1. The smallest absolute Gasteiger partial charge is 0.231 e. The molecule has 6 heteroatoms. The summed E-state index contributed by atoms with van der Waals surface area (Å²) in [6, 6.07) is 7.47. The Bertz CT molecular complexity index is 765. The van der Waals surface area contributed by atoms with Crippen molar-refractivity contribution in [3.8, 4) is 11.5 Å². The van der Waals surface area contributed by atoms with Crippen LogP contribution in [-0.2, 0) is 0 Å². The summed E-state index contributed by atoms with van der Waals surface area (Å²) in [5.74, 6) is -0.268. The Kier molecular flexibility index (Phi) is 2.84. The second kappa shape index (κ2) is 4.40. The minimum Gasteiger partial charge on any atom is -0.434 e. The van der Waals surface area contributed by atoms with Gasteiger partial charge in [-0.15, -0.1) is 0 Å². The van der Waals surface area contributed by atoms with Gasteiger partial charge in [0.25, 0.3) is 0 Å². The number of nitrogens with zero attached hydrogens (tertiary/aromatic N) is 1. The van der Waals surface area contributed by atoms with E-state index in [2.05, 4.69) is 4.98 Å². The third-order valence-corrected chi connectivity index (χ3v) is 3.26. The zero-order valence-electron chi connectivity index (χ0n) is 9.45. The van der Waals surface area contributed by atoms with Crippen LogP contribution in [0.25, 0.3) is 22.6 Å². The van der Waals surface area contributed by atoms with Crippen LogP contribution in [0.1, 0.15) is 0 Å². The van der Waals surface area contributed by atoms with Gasteiger partial charge in [0.1, 0.15) is 11.3 Å². The molecule has 0 saturated carbocycles. The highest BCUT2D eigenvalue weighted by atomic mass is 35.5. The number of anilines is 1. The molecule has 1 aromatic heterocycles. The van der Waals surface area contributed by atoms with Gasteiger partial charge in [-0.05, 0) is 18.2 Å². The zero-order chi connectivity index (χ0) is 13.6. The molecule has 0 bridgehead atoms. The quantitative estimate of drug-likeness (QED) is 0.672. The van der Waals surface area contributed by atoms with Crippen LogP contribution in [0.5, 0.6) is 0 Å². The van der Waals surface area contributed by atoms with Gasteiger partial charge in [0.05, 0.1) is 15.6 Å². The molecule has 19 heavy (non-hydrogen) atoms. The third-order valence-electron chi connectivity index (χ3n) is 2.67. The lowest BCUT2D eigenvalue weighted by Crippen LogP contribution is -1.90. The molecule has 0 aliphatic carbocycles. The van der Waals surface area contributed by atoms with Gasteiger partial charge in [0.15, 0.2) is 5.58 Å². The first-order valence-corrected chi connectivity index (χ1v) is 6.12. The Labute approximate surface area is 117 Å². The number of fused-ring (bicyclic) bond motifs is 1. The molecule has 0 aliphatic rings. The molecule has 3 rings (SSSR count). The van der Waals surface area contributed by atoms with Gasteiger partial charge in [-0.2, -0.15) is 0 Å². The van der Waals surface area contributed by atoms with Crippen LogP contribution < -0.4 is 5.73 Å². The van der Waals surface area contributed by atoms with Crippen LogP contribution in [0.3, 0.4) is 0 Å². The van der Waals surface area contributed by atoms with Crippen LogP contribution >= 0.6 is 23.2 Å². The molecule has 0 radical (unpaired) electrons. The molecule has 0 spiro atoms. The molecule has 0 fully saturated rings. The number of halogens is 3. The van der Waals surface area contributed by atoms with Crippen molar-refractivity contribution in [2.75, 3.05) is 5.73 Å². The summed E-state index contributed by atoms with van der Waals surface area (Å²) in [6.07, 6.45) is 0. The Morgan fingerprint density at radius 3 is 2.68 bits per heavy atom. The van der Waals surface area contributed by atoms with Gasteiger partial charge in [-0.3, -0.25) is 0 Å². The Hall–Kier alpha value is -1.78. The van der Waals surface area contributed by atoms with Gasteiger partial charge in [-0.25, -0.2) is 9.37 Å². The summed E-state index contributed by atoms with van der Waals surface area (Å²) in [5, 5.41) is 0.558. The summed E-state index contributed by atoms with van der Waals surface area (Å²) in [6.45, 7) is 0. The zero-order valence-corrected chi connectivity index (χ0v) is 11.0. The van der Waals surface area contributed by atoms with E-state index in [-0.39, 0.29) is 10.9 Å². The monoisotopic (exact) mass is 296 g/mol. The van der Waals surface area contributed by atoms with E-state index >= 15 is 0 Å². The van der Waals surface area contributed by atoms with Crippen molar-refractivity contribution in [1.82, 2.24) is 4.98 Å². The van der Waals surface area contributed by atoms with E-state index in [1.54, 1.807) is 18.2 Å². The molecule has 0 amide bonds. The number of nitrogen functional groups attached to an aromatic ring is 1. The van der Waals surface area contributed by atoms with Gasteiger partial charge >= 0.3 is 0 Å². The molecule has 3 aromatic rings. The predicted molar refractivity (Wildman–Crippen MR) is 73.8 cm³/mol. The molecular weight excluding hydrogens is 290 g/mol. The van der Waals surface area contributed by atoms with Crippen LogP contribution in [-0.4, -0.2) is 4.98 Å². The third kappa shape index (κ3) is 2.03. The molecule has 0 aliphatic heterocycles. The van der Waals surface area contributed by atoms with E-state index < -0.39 is 5.82 Å². The van der Waals surface area contributed by atoms with Crippen LogP contribution in [0.4, 0.5) is 10.1 Å². The van der Waals surface area contributed by atoms with Crippen molar-refractivity contribution in [1.29, 1.82) is 0 Å². The largest absolute Gasteiger partial charge is 0.434 e. The van der Waals surface area contributed by atoms with Gasteiger partial charge in [-0.1, -0.05) is 29.3 Å². The van der Waals surface area contributed by atoms with Crippen molar-refractivity contribution < 1.29 is 8.81 Å². The van der Waals surface area contributed by atoms with Gasteiger partial charge in [0.2, 0.25) is 5.89 Å². The average Bonchev–Trinajstić information content (AvgIpc) is 2.72. The van der Waals surface area contributed by atoms with E-state index in [0.717, 1.165) is 6.07 Å². The summed E-state index contributed by atoms with van der Waals surface area (Å²) in [7, 11) is 0. The highest BCUT2D eigenvalue weighted by Gasteiger charge is 2.16. The lowest BCUT2D eigenvalue weighted by atomic mass is 10.2. The lowest BCUT2D eigenvalue weighted by Gasteiger charge is -2.02. The number of rotatable bonds is 1.